The minimum Gasteiger partial charge on any atom is -0.340 e. The van der Waals surface area contributed by atoms with Crippen LogP contribution in [0.25, 0.3) is 11.0 Å². The van der Waals surface area contributed by atoms with Crippen molar-refractivity contribution in [3.05, 3.63) is 63.5 Å². The predicted octanol–water partition coefficient (Wildman–Crippen LogP) is 4.14. The monoisotopic (exact) mass is 417 g/mol. The molecule has 1 amide bonds. The van der Waals surface area contributed by atoms with Crippen LogP contribution in [0.2, 0.25) is 0 Å². The molecule has 0 saturated carbocycles. The number of hydrogen-bond donors (Lipinski definition) is 1. The minimum atomic E-state index is 0.0363. The van der Waals surface area contributed by atoms with Gasteiger partial charge in [0.1, 0.15) is 5.82 Å². The first kappa shape index (κ1) is 14.7. The van der Waals surface area contributed by atoms with Gasteiger partial charge in [-0.25, -0.2) is 4.98 Å². The number of aromatic amines is 1. The molecule has 1 N–H and O–H groups in total. The van der Waals surface area contributed by atoms with E-state index in [1.54, 1.807) is 0 Å². The van der Waals surface area contributed by atoms with E-state index in [2.05, 4.69) is 32.6 Å². The Kier molecular flexibility index (Phi) is 3.80. The number of carbonyl (C=O) groups excluding carboxylic acids is 1. The Morgan fingerprint density at radius 3 is 2.74 bits per heavy atom. The summed E-state index contributed by atoms with van der Waals surface area (Å²) in [6.45, 7) is 0.784. The zero-order valence-electron chi connectivity index (χ0n) is 12.5. The van der Waals surface area contributed by atoms with Gasteiger partial charge < -0.3 is 9.88 Å². The fraction of sp³-hybridized carbons (Fsp3) is 0.222. The number of nitrogens with zero attached hydrogens (tertiary/aromatic N) is 2. The maximum atomic E-state index is 12.8. The zero-order chi connectivity index (χ0) is 15.8. The molecule has 116 valence electrons. The van der Waals surface area contributed by atoms with Crippen LogP contribution in [0.1, 0.15) is 35.1 Å². The number of benzene rings is 2. The van der Waals surface area contributed by atoms with Crippen molar-refractivity contribution >= 4 is 39.5 Å². The van der Waals surface area contributed by atoms with E-state index in [9.17, 15) is 4.79 Å². The average molecular weight is 417 g/mol. The van der Waals surface area contributed by atoms with Gasteiger partial charge in [0.05, 0.1) is 17.1 Å². The molecule has 4 rings (SSSR count). The van der Waals surface area contributed by atoms with Gasteiger partial charge >= 0.3 is 0 Å². The van der Waals surface area contributed by atoms with Crippen LogP contribution in [-0.2, 0) is 0 Å². The van der Waals surface area contributed by atoms with E-state index >= 15 is 0 Å². The highest BCUT2D eigenvalue weighted by atomic mass is 127. The first-order valence-corrected chi connectivity index (χ1v) is 8.81. The third kappa shape index (κ3) is 2.73. The fourth-order valence-corrected chi connectivity index (χ4v) is 3.54. The molecule has 4 nitrogen and oxygen atoms in total. The van der Waals surface area contributed by atoms with Crippen molar-refractivity contribution in [2.75, 3.05) is 6.54 Å². The summed E-state index contributed by atoms with van der Waals surface area (Å²) < 4.78 is 1.13. The summed E-state index contributed by atoms with van der Waals surface area (Å²) >= 11 is 2.25. The minimum absolute atomic E-state index is 0.0363. The van der Waals surface area contributed by atoms with E-state index < -0.39 is 0 Å². The number of para-hydroxylation sites is 2. The molecule has 2 heterocycles. The third-order valence-electron chi connectivity index (χ3n) is 4.33. The van der Waals surface area contributed by atoms with Crippen LogP contribution in [0.15, 0.2) is 48.5 Å². The van der Waals surface area contributed by atoms with E-state index in [0.29, 0.717) is 0 Å². The number of rotatable bonds is 2. The van der Waals surface area contributed by atoms with E-state index in [-0.39, 0.29) is 11.9 Å². The van der Waals surface area contributed by atoms with Crippen molar-refractivity contribution in [1.29, 1.82) is 0 Å². The number of halogens is 1. The van der Waals surface area contributed by atoms with Crippen molar-refractivity contribution in [3.63, 3.8) is 0 Å². The smallest absolute Gasteiger partial charge is 0.254 e. The molecule has 1 saturated heterocycles. The lowest BCUT2D eigenvalue weighted by molar-refractivity contribution is 0.0730. The molecule has 2 aromatic carbocycles. The van der Waals surface area contributed by atoms with E-state index in [1.807, 2.05) is 53.4 Å². The highest BCUT2D eigenvalue weighted by Crippen LogP contribution is 2.32. The molecule has 0 spiro atoms. The molecule has 1 aliphatic rings. The molecular weight excluding hydrogens is 401 g/mol. The van der Waals surface area contributed by atoms with Gasteiger partial charge in [0, 0.05) is 15.7 Å². The topological polar surface area (TPSA) is 49.0 Å². The Labute approximate surface area is 148 Å². The number of likely N-dealkylation sites (tertiary alicyclic amines) is 1. The Balaban J connectivity index is 1.65. The quantitative estimate of drug-likeness (QED) is 0.638. The van der Waals surface area contributed by atoms with Crippen LogP contribution in [0.4, 0.5) is 0 Å². The summed E-state index contributed by atoms with van der Waals surface area (Å²) in [6.07, 6.45) is 1.97. The maximum absolute atomic E-state index is 12.8. The van der Waals surface area contributed by atoms with E-state index in [1.165, 1.54) is 0 Å². The number of imidazole rings is 1. The van der Waals surface area contributed by atoms with Gasteiger partial charge in [-0.1, -0.05) is 12.1 Å². The molecule has 1 atom stereocenters. The number of fused-ring (bicyclic) bond motifs is 1. The first-order valence-electron chi connectivity index (χ1n) is 7.73. The number of carbonyl (C=O) groups is 1. The molecule has 5 heteroatoms. The Bertz CT molecular complexity index is 823. The lowest BCUT2D eigenvalue weighted by Gasteiger charge is -2.23. The fourth-order valence-electron chi connectivity index (χ4n) is 3.18. The highest BCUT2D eigenvalue weighted by Gasteiger charge is 2.32. The van der Waals surface area contributed by atoms with Crippen molar-refractivity contribution in [2.24, 2.45) is 0 Å². The second kappa shape index (κ2) is 5.96. The molecule has 0 aliphatic carbocycles. The molecule has 1 aliphatic heterocycles. The van der Waals surface area contributed by atoms with Crippen molar-refractivity contribution in [3.8, 4) is 0 Å². The average Bonchev–Trinajstić information content (AvgIpc) is 3.21. The Morgan fingerprint density at radius 1 is 1.17 bits per heavy atom. The number of nitrogens with one attached hydrogen (secondary N) is 1. The normalized spacial score (nSPS) is 17.8. The molecule has 1 fully saturated rings. The van der Waals surface area contributed by atoms with Crippen LogP contribution in [0.3, 0.4) is 0 Å². The molecule has 1 aromatic heterocycles. The SMILES string of the molecule is O=C(c1ccc(I)cc1)N1CCC[C@@H]1c1nc2ccccc2[nH]1. The second-order valence-electron chi connectivity index (χ2n) is 5.80. The summed E-state index contributed by atoms with van der Waals surface area (Å²) in [5.74, 6) is 0.979. The van der Waals surface area contributed by atoms with Crippen LogP contribution < -0.4 is 0 Å². The van der Waals surface area contributed by atoms with Crippen molar-refractivity contribution < 1.29 is 4.79 Å². The maximum Gasteiger partial charge on any atom is 0.254 e. The summed E-state index contributed by atoms with van der Waals surface area (Å²) in [6, 6.07) is 15.8. The van der Waals surface area contributed by atoms with E-state index in [4.69, 9.17) is 0 Å². The number of hydrogen-bond acceptors (Lipinski definition) is 2. The zero-order valence-corrected chi connectivity index (χ0v) is 14.7. The second-order valence-corrected chi connectivity index (χ2v) is 7.05. The molecule has 0 bridgehead atoms. The van der Waals surface area contributed by atoms with Gasteiger partial charge in [0.2, 0.25) is 0 Å². The standard InChI is InChI=1S/C18H16IN3O/c19-13-9-7-12(8-10-13)18(23)22-11-3-6-16(22)17-20-14-4-1-2-5-15(14)21-17/h1-2,4-5,7-10,16H,3,6,11H2,(H,20,21)/t16-/m1/s1. The number of amides is 1. The van der Waals surface area contributed by atoms with Crippen molar-refractivity contribution in [1.82, 2.24) is 14.9 Å². The summed E-state index contributed by atoms with van der Waals surface area (Å²) in [4.78, 5) is 22.8. The van der Waals surface area contributed by atoms with Crippen LogP contribution in [0, 0.1) is 3.57 Å². The first-order chi connectivity index (χ1) is 11.2. The third-order valence-corrected chi connectivity index (χ3v) is 5.05. The Morgan fingerprint density at radius 2 is 1.96 bits per heavy atom. The molecule has 0 unspecified atom stereocenters. The van der Waals surface area contributed by atoms with E-state index in [0.717, 1.165) is 45.4 Å². The molecular formula is C18H16IN3O. The van der Waals surface area contributed by atoms with Gasteiger partial charge in [-0.15, -0.1) is 0 Å². The lowest BCUT2D eigenvalue weighted by Crippen LogP contribution is -2.31. The number of H-pyrrole nitrogens is 1. The summed E-state index contributed by atoms with van der Waals surface area (Å²) in [5, 5.41) is 0. The molecule has 0 radical (unpaired) electrons. The number of aromatic nitrogens is 2. The van der Waals surface area contributed by atoms with Crippen LogP contribution in [-0.4, -0.2) is 27.3 Å². The largest absolute Gasteiger partial charge is 0.340 e. The summed E-state index contributed by atoms with van der Waals surface area (Å²) in [7, 11) is 0. The van der Waals surface area contributed by atoms with Crippen LogP contribution >= 0.6 is 22.6 Å². The molecule has 23 heavy (non-hydrogen) atoms. The van der Waals surface area contributed by atoms with Crippen molar-refractivity contribution in [2.45, 2.75) is 18.9 Å². The molecule has 3 aromatic rings. The van der Waals surface area contributed by atoms with Gasteiger partial charge in [0.25, 0.3) is 5.91 Å². The van der Waals surface area contributed by atoms with Crippen LogP contribution in [0.5, 0.6) is 0 Å². The van der Waals surface area contributed by atoms with Gasteiger partial charge in [-0.2, -0.15) is 0 Å². The lowest BCUT2D eigenvalue weighted by atomic mass is 10.1. The van der Waals surface area contributed by atoms with Gasteiger partial charge in [0.15, 0.2) is 0 Å². The van der Waals surface area contributed by atoms with Gasteiger partial charge in [-0.3, -0.25) is 4.79 Å². The predicted molar refractivity (Wildman–Crippen MR) is 98.3 cm³/mol. The van der Waals surface area contributed by atoms with Gasteiger partial charge in [-0.05, 0) is 71.8 Å². The summed E-state index contributed by atoms with van der Waals surface area (Å²) in [5.41, 5.74) is 2.72. The highest BCUT2D eigenvalue weighted by molar-refractivity contribution is 14.1. The Hall–Kier alpha value is -1.89.